The van der Waals surface area contributed by atoms with Crippen LogP contribution >= 0.6 is 0 Å². The first kappa shape index (κ1) is 14.2. The summed E-state index contributed by atoms with van der Waals surface area (Å²) in [7, 11) is 0. The lowest BCUT2D eigenvalue weighted by atomic mass is 9.77. The number of carboxylic acid groups (broad SMARTS) is 1. The van der Waals surface area contributed by atoms with E-state index in [1.165, 1.54) is 0 Å². The summed E-state index contributed by atoms with van der Waals surface area (Å²) in [5.41, 5.74) is -1.06. The van der Waals surface area contributed by atoms with Gasteiger partial charge in [-0.15, -0.1) is 0 Å². The second-order valence-corrected chi connectivity index (χ2v) is 6.15. The predicted octanol–water partition coefficient (Wildman–Crippen LogP) is 2.26. The second-order valence-electron chi connectivity index (χ2n) is 6.15. The minimum absolute atomic E-state index is 0.216. The molecule has 2 fully saturated rings. The summed E-state index contributed by atoms with van der Waals surface area (Å²) >= 11 is 0. The fraction of sp³-hybridized carbons (Fsp3) is 0.857. The number of urea groups is 1. The van der Waals surface area contributed by atoms with Crippen molar-refractivity contribution in [1.82, 2.24) is 10.6 Å². The summed E-state index contributed by atoms with van der Waals surface area (Å²) in [4.78, 5) is 23.5. The van der Waals surface area contributed by atoms with Crippen molar-refractivity contribution in [3.8, 4) is 0 Å². The molecule has 5 heteroatoms. The molecule has 2 aliphatic rings. The highest BCUT2D eigenvalue weighted by atomic mass is 16.4. The number of nitrogens with one attached hydrogen (secondary N) is 2. The smallest absolute Gasteiger partial charge is 0.329 e. The molecule has 3 N–H and O–H groups in total. The van der Waals surface area contributed by atoms with Gasteiger partial charge in [0, 0.05) is 6.04 Å². The van der Waals surface area contributed by atoms with E-state index in [0.29, 0.717) is 18.8 Å². The van der Waals surface area contributed by atoms with Crippen LogP contribution in [0.4, 0.5) is 4.79 Å². The van der Waals surface area contributed by atoms with Crippen LogP contribution in [0.15, 0.2) is 0 Å². The lowest BCUT2D eigenvalue weighted by molar-refractivity contribution is -0.146. The van der Waals surface area contributed by atoms with Crippen molar-refractivity contribution < 1.29 is 14.7 Å². The molecule has 0 aromatic heterocycles. The van der Waals surface area contributed by atoms with Gasteiger partial charge < -0.3 is 15.7 Å². The van der Waals surface area contributed by atoms with Gasteiger partial charge in [0.05, 0.1) is 0 Å². The molecule has 19 heavy (non-hydrogen) atoms. The number of amides is 2. The molecule has 108 valence electrons. The molecule has 0 radical (unpaired) electrons. The maximum absolute atomic E-state index is 12.0. The Bertz CT molecular complexity index is 343. The van der Waals surface area contributed by atoms with Gasteiger partial charge in [0.25, 0.3) is 0 Å². The normalized spacial score (nSPS) is 31.9. The van der Waals surface area contributed by atoms with E-state index in [2.05, 4.69) is 17.6 Å². The Morgan fingerprint density at radius 1 is 1.11 bits per heavy atom. The Morgan fingerprint density at radius 2 is 1.68 bits per heavy atom. The summed E-state index contributed by atoms with van der Waals surface area (Å²) in [6.45, 7) is 2.13. The number of carboxylic acids is 1. The Hall–Kier alpha value is -1.26. The largest absolute Gasteiger partial charge is 0.480 e. The minimum Gasteiger partial charge on any atom is -0.480 e. The van der Waals surface area contributed by atoms with Crippen LogP contribution in [0, 0.1) is 5.92 Å². The molecular formula is C14H24N2O3. The summed E-state index contributed by atoms with van der Waals surface area (Å²) < 4.78 is 0. The molecule has 2 rings (SSSR count). The van der Waals surface area contributed by atoms with Crippen LogP contribution in [0.1, 0.15) is 58.3 Å². The van der Waals surface area contributed by atoms with Crippen molar-refractivity contribution in [2.45, 2.75) is 69.9 Å². The average Bonchev–Trinajstić information content (AvgIpc) is 2.84. The zero-order valence-corrected chi connectivity index (χ0v) is 11.6. The highest BCUT2D eigenvalue weighted by molar-refractivity contribution is 5.86. The molecule has 0 unspecified atom stereocenters. The topological polar surface area (TPSA) is 78.4 Å². The molecule has 0 heterocycles. The van der Waals surface area contributed by atoms with Crippen LogP contribution in [0.5, 0.6) is 0 Å². The predicted molar refractivity (Wildman–Crippen MR) is 71.9 cm³/mol. The molecule has 0 aromatic carbocycles. The van der Waals surface area contributed by atoms with Gasteiger partial charge in [-0.3, -0.25) is 0 Å². The molecular weight excluding hydrogens is 244 g/mol. The van der Waals surface area contributed by atoms with Crippen molar-refractivity contribution in [2.24, 2.45) is 5.92 Å². The summed E-state index contributed by atoms with van der Waals surface area (Å²) in [5, 5.41) is 15.1. The Morgan fingerprint density at radius 3 is 2.21 bits per heavy atom. The van der Waals surface area contributed by atoms with Gasteiger partial charge in [-0.25, -0.2) is 9.59 Å². The van der Waals surface area contributed by atoms with E-state index >= 15 is 0 Å². The third-order valence-electron chi connectivity index (χ3n) is 4.58. The Kier molecular flexibility index (Phi) is 4.32. The first-order chi connectivity index (χ1) is 9.02. The van der Waals surface area contributed by atoms with Gasteiger partial charge in [0.15, 0.2) is 0 Å². The van der Waals surface area contributed by atoms with Crippen LogP contribution < -0.4 is 10.6 Å². The summed E-state index contributed by atoms with van der Waals surface area (Å²) in [6.07, 6.45) is 7.07. The van der Waals surface area contributed by atoms with Crippen LogP contribution in [-0.4, -0.2) is 28.7 Å². The highest BCUT2D eigenvalue weighted by Crippen LogP contribution is 2.32. The first-order valence-electron chi connectivity index (χ1n) is 7.34. The van der Waals surface area contributed by atoms with Gasteiger partial charge in [-0.2, -0.15) is 0 Å². The molecule has 0 aromatic rings. The molecule has 0 spiro atoms. The fourth-order valence-corrected chi connectivity index (χ4v) is 3.16. The van der Waals surface area contributed by atoms with Gasteiger partial charge in [-0.1, -0.05) is 19.8 Å². The van der Waals surface area contributed by atoms with Gasteiger partial charge >= 0.3 is 12.0 Å². The zero-order valence-electron chi connectivity index (χ0n) is 11.6. The quantitative estimate of drug-likeness (QED) is 0.734. The van der Waals surface area contributed by atoms with Crippen LogP contribution in [-0.2, 0) is 4.79 Å². The number of rotatable bonds is 3. The van der Waals surface area contributed by atoms with E-state index in [1.54, 1.807) is 0 Å². The third kappa shape index (κ3) is 3.39. The van der Waals surface area contributed by atoms with Crippen LogP contribution in [0.2, 0.25) is 0 Å². The SMILES string of the molecule is CC1CCC(NC(=O)NC2CCCC2)(C(=O)O)CC1. The molecule has 0 saturated heterocycles. The molecule has 0 bridgehead atoms. The molecule has 5 nitrogen and oxygen atoms in total. The van der Waals surface area contributed by atoms with E-state index in [0.717, 1.165) is 38.5 Å². The van der Waals surface area contributed by atoms with Gasteiger partial charge in [0.1, 0.15) is 5.54 Å². The maximum Gasteiger partial charge on any atom is 0.329 e. The number of hydrogen-bond acceptors (Lipinski definition) is 2. The van der Waals surface area contributed by atoms with E-state index in [-0.39, 0.29) is 12.1 Å². The average molecular weight is 268 g/mol. The number of hydrogen-bond donors (Lipinski definition) is 3. The fourth-order valence-electron chi connectivity index (χ4n) is 3.16. The van der Waals surface area contributed by atoms with E-state index in [9.17, 15) is 14.7 Å². The van der Waals surface area contributed by atoms with Crippen molar-refractivity contribution in [2.75, 3.05) is 0 Å². The van der Waals surface area contributed by atoms with Crippen molar-refractivity contribution >= 4 is 12.0 Å². The van der Waals surface area contributed by atoms with Crippen LogP contribution in [0.25, 0.3) is 0 Å². The van der Waals surface area contributed by atoms with Gasteiger partial charge in [0.2, 0.25) is 0 Å². The first-order valence-corrected chi connectivity index (χ1v) is 7.34. The maximum atomic E-state index is 12.0. The van der Waals surface area contributed by atoms with Crippen LogP contribution in [0.3, 0.4) is 0 Å². The Balaban J connectivity index is 1.92. The highest BCUT2D eigenvalue weighted by Gasteiger charge is 2.42. The van der Waals surface area contributed by atoms with E-state index in [4.69, 9.17) is 0 Å². The molecule has 0 atom stereocenters. The van der Waals surface area contributed by atoms with Crippen molar-refractivity contribution in [3.05, 3.63) is 0 Å². The molecule has 0 aliphatic heterocycles. The summed E-state index contributed by atoms with van der Waals surface area (Å²) in [5.74, 6) is -0.354. The molecule has 2 saturated carbocycles. The Labute approximate surface area is 114 Å². The van der Waals surface area contributed by atoms with Gasteiger partial charge in [-0.05, 0) is 44.4 Å². The standard InChI is InChI=1S/C14H24N2O3/c1-10-6-8-14(9-7-10,12(17)18)16-13(19)15-11-4-2-3-5-11/h10-11H,2-9H2,1H3,(H,17,18)(H2,15,16,19). The number of carbonyl (C=O) groups excluding carboxylic acids is 1. The second kappa shape index (κ2) is 5.80. The molecule has 2 aliphatic carbocycles. The molecule has 2 amide bonds. The number of carbonyl (C=O) groups is 2. The minimum atomic E-state index is -1.06. The lowest BCUT2D eigenvalue weighted by Gasteiger charge is -2.36. The van der Waals surface area contributed by atoms with E-state index < -0.39 is 11.5 Å². The van der Waals surface area contributed by atoms with Crippen molar-refractivity contribution in [1.29, 1.82) is 0 Å². The van der Waals surface area contributed by atoms with E-state index in [1.807, 2.05) is 0 Å². The third-order valence-corrected chi connectivity index (χ3v) is 4.58. The zero-order chi connectivity index (χ0) is 13.9. The summed E-state index contributed by atoms with van der Waals surface area (Å²) in [6, 6.07) is -0.0998. The lowest BCUT2D eigenvalue weighted by Crippen LogP contribution is -2.59. The monoisotopic (exact) mass is 268 g/mol. The number of aliphatic carboxylic acids is 1. The van der Waals surface area contributed by atoms with Crippen molar-refractivity contribution in [3.63, 3.8) is 0 Å².